The lowest BCUT2D eigenvalue weighted by Crippen LogP contribution is -2.41. The molecule has 1 atom stereocenters. The van der Waals surface area contributed by atoms with Crippen molar-refractivity contribution < 1.29 is 19.0 Å². The van der Waals surface area contributed by atoms with Gasteiger partial charge < -0.3 is 25.3 Å². The summed E-state index contributed by atoms with van der Waals surface area (Å²) < 4.78 is 17.3. The molecule has 3 N–H and O–H groups in total. The number of carbonyl (C=O) groups is 1. The normalized spacial score (nSPS) is 17.6. The number of morpholine rings is 1. The van der Waals surface area contributed by atoms with Gasteiger partial charge in [0.2, 0.25) is 5.88 Å². The summed E-state index contributed by atoms with van der Waals surface area (Å²) in [5.41, 5.74) is 5.83. The van der Waals surface area contributed by atoms with Crippen molar-refractivity contribution >= 4 is 16.7 Å². The maximum atomic E-state index is 11.7. The standard InChI is InChI=1S/C18H23N3O4/c1-11(2)25-16-8-14-12(7-15(16)17(19)22)3-4-21-18(14)24-10-13-9-20-5-6-23-13/h3-4,7-8,11,13,20H,5-6,9-10H2,1-2H3,(H2,19,22)/t13-/m1/s1. The monoisotopic (exact) mass is 345 g/mol. The Morgan fingerprint density at radius 3 is 3.00 bits per heavy atom. The SMILES string of the molecule is CC(C)Oc1cc2c(OC[C@H]3CNCCO3)nccc2cc1C(N)=O. The fraction of sp³-hybridized carbons (Fsp3) is 0.444. The first-order valence-electron chi connectivity index (χ1n) is 8.39. The zero-order chi connectivity index (χ0) is 17.8. The Hall–Kier alpha value is -2.38. The van der Waals surface area contributed by atoms with Crippen LogP contribution in [-0.4, -0.2) is 49.4 Å². The van der Waals surface area contributed by atoms with Gasteiger partial charge in [-0.2, -0.15) is 0 Å². The van der Waals surface area contributed by atoms with Gasteiger partial charge in [0.15, 0.2) is 0 Å². The number of primary amides is 1. The highest BCUT2D eigenvalue weighted by molar-refractivity contribution is 6.01. The number of ether oxygens (including phenoxy) is 3. The van der Waals surface area contributed by atoms with Crippen LogP contribution >= 0.6 is 0 Å². The first-order chi connectivity index (χ1) is 12.0. The largest absolute Gasteiger partial charge is 0.490 e. The number of nitrogens with two attached hydrogens (primary N) is 1. The summed E-state index contributed by atoms with van der Waals surface area (Å²) in [6.07, 6.45) is 1.55. The fourth-order valence-electron chi connectivity index (χ4n) is 2.73. The molecule has 25 heavy (non-hydrogen) atoms. The fourth-order valence-corrected chi connectivity index (χ4v) is 2.73. The van der Waals surface area contributed by atoms with Gasteiger partial charge in [-0.05, 0) is 37.4 Å². The summed E-state index contributed by atoms with van der Waals surface area (Å²) >= 11 is 0. The second kappa shape index (κ2) is 7.67. The summed E-state index contributed by atoms with van der Waals surface area (Å²) in [5.74, 6) is 0.387. The van der Waals surface area contributed by atoms with Crippen molar-refractivity contribution in [3.63, 3.8) is 0 Å². The molecule has 2 heterocycles. The molecule has 0 aliphatic carbocycles. The summed E-state index contributed by atoms with van der Waals surface area (Å²) in [7, 11) is 0. The summed E-state index contributed by atoms with van der Waals surface area (Å²) in [6, 6.07) is 5.28. The predicted molar refractivity (Wildman–Crippen MR) is 94.1 cm³/mol. The first kappa shape index (κ1) is 17.4. The number of rotatable bonds is 6. The van der Waals surface area contributed by atoms with Crippen molar-refractivity contribution in [3.05, 3.63) is 30.0 Å². The Balaban J connectivity index is 1.91. The van der Waals surface area contributed by atoms with E-state index in [1.165, 1.54) is 0 Å². The van der Waals surface area contributed by atoms with Crippen molar-refractivity contribution in [2.45, 2.75) is 26.1 Å². The van der Waals surface area contributed by atoms with Crippen LogP contribution in [0.2, 0.25) is 0 Å². The van der Waals surface area contributed by atoms with Gasteiger partial charge in [-0.1, -0.05) is 0 Å². The number of nitrogens with zero attached hydrogens (tertiary/aromatic N) is 1. The van der Waals surface area contributed by atoms with E-state index in [1.807, 2.05) is 19.9 Å². The zero-order valence-corrected chi connectivity index (χ0v) is 14.5. The van der Waals surface area contributed by atoms with Crippen LogP contribution in [-0.2, 0) is 4.74 Å². The molecule has 0 bridgehead atoms. The Labute approximate surface area is 146 Å². The molecule has 134 valence electrons. The Kier molecular flexibility index (Phi) is 5.35. The average molecular weight is 345 g/mol. The van der Waals surface area contributed by atoms with E-state index in [9.17, 15) is 4.79 Å². The molecule has 1 saturated heterocycles. The van der Waals surface area contributed by atoms with E-state index in [0.29, 0.717) is 30.4 Å². The van der Waals surface area contributed by atoms with Gasteiger partial charge >= 0.3 is 0 Å². The van der Waals surface area contributed by atoms with Crippen LogP contribution in [0.3, 0.4) is 0 Å². The smallest absolute Gasteiger partial charge is 0.252 e. The van der Waals surface area contributed by atoms with Gasteiger partial charge in [-0.3, -0.25) is 4.79 Å². The number of amides is 1. The molecular weight excluding hydrogens is 322 g/mol. The summed E-state index contributed by atoms with van der Waals surface area (Å²) in [4.78, 5) is 16.1. The molecule has 1 aliphatic heterocycles. The molecule has 1 aliphatic rings. The average Bonchev–Trinajstić information content (AvgIpc) is 2.59. The number of carbonyl (C=O) groups excluding carboxylic acids is 1. The summed E-state index contributed by atoms with van der Waals surface area (Å²) in [5, 5.41) is 4.85. The molecular formula is C18H23N3O4. The van der Waals surface area contributed by atoms with Gasteiger partial charge in [0.05, 0.1) is 18.3 Å². The third-order valence-corrected chi connectivity index (χ3v) is 3.87. The zero-order valence-electron chi connectivity index (χ0n) is 14.5. The first-order valence-corrected chi connectivity index (χ1v) is 8.39. The van der Waals surface area contributed by atoms with Crippen LogP contribution < -0.4 is 20.5 Å². The van der Waals surface area contributed by atoms with Crippen LogP contribution in [0.15, 0.2) is 24.4 Å². The molecule has 2 aromatic rings. The van der Waals surface area contributed by atoms with E-state index in [0.717, 1.165) is 23.9 Å². The van der Waals surface area contributed by atoms with Crippen molar-refractivity contribution in [1.82, 2.24) is 10.3 Å². The van der Waals surface area contributed by atoms with Crippen molar-refractivity contribution in [2.75, 3.05) is 26.3 Å². The highest BCUT2D eigenvalue weighted by Crippen LogP contribution is 2.31. The topological polar surface area (TPSA) is 95.7 Å². The number of aromatic nitrogens is 1. The Morgan fingerprint density at radius 2 is 2.32 bits per heavy atom. The van der Waals surface area contributed by atoms with E-state index in [4.69, 9.17) is 19.9 Å². The molecule has 0 unspecified atom stereocenters. The van der Waals surface area contributed by atoms with E-state index in [-0.39, 0.29) is 12.2 Å². The third-order valence-electron chi connectivity index (χ3n) is 3.87. The van der Waals surface area contributed by atoms with Crippen molar-refractivity contribution in [1.29, 1.82) is 0 Å². The minimum absolute atomic E-state index is 0.0120. The quantitative estimate of drug-likeness (QED) is 0.823. The molecule has 0 saturated carbocycles. The predicted octanol–water partition coefficient (Wildman–Crippen LogP) is 1.49. The number of pyridine rings is 1. The van der Waals surface area contributed by atoms with Crippen LogP contribution in [0.5, 0.6) is 11.6 Å². The summed E-state index contributed by atoms with van der Waals surface area (Å²) in [6.45, 7) is 6.46. The lowest BCUT2D eigenvalue weighted by Gasteiger charge is -2.23. The van der Waals surface area contributed by atoms with Crippen LogP contribution in [0, 0.1) is 0 Å². The molecule has 1 aromatic carbocycles. The molecule has 7 nitrogen and oxygen atoms in total. The minimum Gasteiger partial charge on any atom is -0.490 e. The minimum atomic E-state index is -0.529. The second-order valence-electron chi connectivity index (χ2n) is 6.22. The lowest BCUT2D eigenvalue weighted by atomic mass is 10.1. The molecule has 1 fully saturated rings. The van der Waals surface area contributed by atoms with E-state index >= 15 is 0 Å². The third kappa shape index (κ3) is 4.18. The number of nitrogens with one attached hydrogen (secondary N) is 1. The van der Waals surface area contributed by atoms with Gasteiger partial charge in [-0.15, -0.1) is 0 Å². The number of hydrogen-bond donors (Lipinski definition) is 2. The van der Waals surface area contributed by atoms with E-state index in [2.05, 4.69) is 10.3 Å². The second-order valence-corrected chi connectivity index (χ2v) is 6.22. The van der Waals surface area contributed by atoms with Crippen LogP contribution in [0.25, 0.3) is 10.8 Å². The molecule has 1 amide bonds. The molecule has 3 rings (SSSR count). The number of hydrogen-bond acceptors (Lipinski definition) is 6. The Morgan fingerprint density at radius 1 is 1.48 bits per heavy atom. The van der Waals surface area contributed by atoms with Crippen LogP contribution in [0.1, 0.15) is 24.2 Å². The molecule has 0 spiro atoms. The van der Waals surface area contributed by atoms with Gasteiger partial charge in [0, 0.05) is 24.7 Å². The maximum Gasteiger partial charge on any atom is 0.252 e. The molecule has 1 aromatic heterocycles. The highest BCUT2D eigenvalue weighted by Gasteiger charge is 2.18. The number of benzene rings is 1. The van der Waals surface area contributed by atoms with E-state index < -0.39 is 5.91 Å². The number of fused-ring (bicyclic) bond motifs is 1. The molecule has 7 heteroatoms. The molecule has 0 radical (unpaired) electrons. The van der Waals surface area contributed by atoms with Gasteiger partial charge in [0.1, 0.15) is 18.5 Å². The maximum absolute atomic E-state index is 11.7. The van der Waals surface area contributed by atoms with Crippen molar-refractivity contribution in [2.24, 2.45) is 5.73 Å². The van der Waals surface area contributed by atoms with Crippen molar-refractivity contribution in [3.8, 4) is 11.6 Å². The van der Waals surface area contributed by atoms with Gasteiger partial charge in [0.25, 0.3) is 5.91 Å². The highest BCUT2D eigenvalue weighted by atomic mass is 16.5. The lowest BCUT2D eigenvalue weighted by molar-refractivity contribution is -0.000386. The van der Waals surface area contributed by atoms with E-state index in [1.54, 1.807) is 18.3 Å². The van der Waals surface area contributed by atoms with Gasteiger partial charge in [-0.25, -0.2) is 4.98 Å². The Bertz CT molecular complexity index is 757. The van der Waals surface area contributed by atoms with Crippen LogP contribution in [0.4, 0.5) is 0 Å².